The smallest absolute Gasteiger partial charge is 0.337 e. The van der Waals surface area contributed by atoms with Crippen molar-refractivity contribution < 1.29 is 9.90 Å². The molecule has 2 heterocycles. The van der Waals surface area contributed by atoms with E-state index < -0.39 is 5.97 Å². The molecular weight excluding hydrogens is 248 g/mol. The van der Waals surface area contributed by atoms with E-state index in [1.165, 1.54) is 12.6 Å². The summed E-state index contributed by atoms with van der Waals surface area (Å²) < 4.78 is 0. The molecular formula is C13H18N2O2S. The number of aromatic carboxylic acids is 1. The number of aromatic nitrogens is 1. The lowest BCUT2D eigenvalue weighted by Crippen LogP contribution is -2.26. The molecule has 1 N–H and O–H groups in total. The van der Waals surface area contributed by atoms with Crippen LogP contribution in [-0.2, 0) is 0 Å². The van der Waals surface area contributed by atoms with Gasteiger partial charge in [0, 0.05) is 24.5 Å². The van der Waals surface area contributed by atoms with Gasteiger partial charge in [-0.2, -0.15) is 11.8 Å². The van der Waals surface area contributed by atoms with Gasteiger partial charge >= 0.3 is 5.97 Å². The Morgan fingerprint density at radius 3 is 3.06 bits per heavy atom. The van der Waals surface area contributed by atoms with Crippen LogP contribution in [0.3, 0.4) is 0 Å². The lowest BCUT2D eigenvalue weighted by atomic mass is 10.2. The largest absolute Gasteiger partial charge is 0.478 e. The summed E-state index contributed by atoms with van der Waals surface area (Å²) in [7, 11) is 0. The summed E-state index contributed by atoms with van der Waals surface area (Å²) in [6, 6.07) is 1.58. The quantitative estimate of drug-likeness (QED) is 0.911. The minimum atomic E-state index is -0.877. The van der Waals surface area contributed by atoms with Gasteiger partial charge in [0.1, 0.15) is 0 Å². The highest BCUT2D eigenvalue weighted by Gasteiger charge is 2.20. The first kappa shape index (κ1) is 13.2. The third kappa shape index (κ3) is 2.96. The molecule has 1 unspecified atom stereocenters. The fourth-order valence-electron chi connectivity index (χ4n) is 2.36. The number of carbonyl (C=O) groups is 1. The lowest BCUT2D eigenvalue weighted by Gasteiger charge is -2.23. The Hall–Kier alpha value is -1.23. The predicted molar refractivity (Wildman–Crippen MR) is 74.6 cm³/mol. The zero-order valence-electron chi connectivity index (χ0n) is 10.5. The zero-order chi connectivity index (χ0) is 13.0. The van der Waals surface area contributed by atoms with E-state index in [4.69, 9.17) is 0 Å². The lowest BCUT2D eigenvalue weighted by molar-refractivity contribution is 0.0697. The van der Waals surface area contributed by atoms with Crippen LogP contribution in [0.4, 0.5) is 5.69 Å². The first-order valence-corrected chi connectivity index (χ1v) is 7.46. The van der Waals surface area contributed by atoms with Gasteiger partial charge in [-0.3, -0.25) is 4.98 Å². The van der Waals surface area contributed by atoms with E-state index in [0.717, 1.165) is 31.6 Å². The standard InChI is InChI=1S/C13H18N2O2S/c1-18-10-3-2-7-15(8-5-10)12-9-14-6-4-11(12)13(16)17/h4,6,9-10H,2-3,5,7-8H2,1H3,(H,16,17). The monoisotopic (exact) mass is 266 g/mol. The van der Waals surface area contributed by atoms with Gasteiger partial charge in [-0.1, -0.05) is 0 Å². The second kappa shape index (κ2) is 6.09. The van der Waals surface area contributed by atoms with E-state index >= 15 is 0 Å². The SMILES string of the molecule is CSC1CCCN(c2cnccc2C(=O)O)CC1. The van der Waals surface area contributed by atoms with Gasteiger partial charge in [0.25, 0.3) is 0 Å². The van der Waals surface area contributed by atoms with Crippen molar-refractivity contribution in [1.29, 1.82) is 0 Å². The summed E-state index contributed by atoms with van der Waals surface area (Å²) in [6.45, 7) is 1.83. The van der Waals surface area contributed by atoms with Gasteiger partial charge in [-0.15, -0.1) is 0 Å². The van der Waals surface area contributed by atoms with Crippen molar-refractivity contribution in [3.8, 4) is 0 Å². The highest BCUT2D eigenvalue weighted by atomic mass is 32.2. The second-order valence-electron chi connectivity index (χ2n) is 4.47. The topological polar surface area (TPSA) is 53.4 Å². The number of pyridine rings is 1. The summed E-state index contributed by atoms with van der Waals surface area (Å²) in [6.07, 6.45) is 8.78. The Bertz CT molecular complexity index is 425. The summed E-state index contributed by atoms with van der Waals surface area (Å²) in [5.41, 5.74) is 1.11. The molecule has 4 nitrogen and oxygen atoms in total. The molecule has 0 aliphatic carbocycles. The Kier molecular flexibility index (Phi) is 4.47. The molecule has 0 spiro atoms. The molecule has 2 rings (SSSR count). The van der Waals surface area contributed by atoms with E-state index in [9.17, 15) is 9.90 Å². The van der Waals surface area contributed by atoms with Gasteiger partial charge in [0.05, 0.1) is 17.4 Å². The second-order valence-corrected chi connectivity index (χ2v) is 5.61. The van der Waals surface area contributed by atoms with Crippen LogP contribution < -0.4 is 4.90 Å². The number of thioether (sulfide) groups is 1. The molecule has 0 aromatic carbocycles. The van der Waals surface area contributed by atoms with Crippen LogP contribution in [-0.4, -0.2) is 40.7 Å². The highest BCUT2D eigenvalue weighted by molar-refractivity contribution is 7.99. The molecule has 1 aromatic heterocycles. The molecule has 0 amide bonds. The number of rotatable bonds is 3. The maximum absolute atomic E-state index is 11.2. The predicted octanol–water partition coefficient (Wildman–Crippen LogP) is 2.50. The van der Waals surface area contributed by atoms with Crippen molar-refractivity contribution in [2.24, 2.45) is 0 Å². The van der Waals surface area contributed by atoms with Crippen molar-refractivity contribution in [2.45, 2.75) is 24.5 Å². The fourth-order valence-corrected chi connectivity index (χ4v) is 3.10. The molecule has 1 atom stereocenters. The number of hydrogen-bond acceptors (Lipinski definition) is 4. The molecule has 1 aliphatic heterocycles. The molecule has 1 fully saturated rings. The Balaban J connectivity index is 2.18. The highest BCUT2D eigenvalue weighted by Crippen LogP contribution is 2.26. The van der Waals surface area contributed by atoms with E-state index in [1.807, 2.05) is 11.8 Å². The summed E-state index contributed by atoms with van der Waals surface area (Å²) in [5.74, 6) is -0.877. The van der Waals surface area contributed by atoms with Gasteiger partial charge in [0.2, 0.25) is 0 Å². The summed E-state index contributed by atoms with van der Waals surface area (Å²) >= 11 is 1.91. The van der Waals surface area contributed by atoms with E-state index in [0.29, 0.717) is 10.8 Å². The molecule has 1 saturated heterocycles. The van der Waals surface area contributed by atoms with Crippen LogP contribution in [0, 0.1) is 0 Å². The number of anilines is 1. The van der Waals surface area contributed by atoms with Crippen LogP contribution in [0.25, 0.3) is 0 Å². The van der Waals surface area contributed by atoms with Crippen LogP contribution >= 0.6 is 11.8 Å². The van der Waals surface area contributed by atoms with Gasteiger partial charge in [0.15, 0.2) is 0 Å². The molecule has 18 heavy (non-hydrogen) atoms. The van der Waals surface area contributed by atoms with Gasteiger partial charge in [-0.05, 0) is 31.6 Å². The maximum atomic E-state index is 11.2. The van der Waals surface area contributed by atoms with Crippen molar-refractivity contribution in [1.82, 2.24) is 4.98 Å². The van der Waals surface area contributed by atoms with E-state index in [2.05, 4.69) is 16.1 Å². The van der Waals surface area contributed by atoms with Gasteiger partial charge < -0.3 is 10.0 Å². The Labute approximate surface area is 111 Å². The number of carboxylic acid groups (broad SMARTS) is 1. The molecule has 1 aromatic rings. The first-order valence-electron chi connectivity index (χ1n) is 6.17. The van der Waals surface area contributed by atoms with Crippen LogP contribution in [0.1, 0.15) is 29.6 Å². The number of hydrogen-bond donors (Lipinski definition) is 1. The molecule has 1 aliphatic rings. The van der Waals surface area contributed by atoms with E-state index in [-0.39, 0.29) is 0 Å². The molecule has 0 radical (unpaired) electrons. The molecule has 0 saturated carbocycles. The van der Waals surface area contributed by atoms with Crippen LogP contribution in [0.2, 0.25) is 0 Å². The van der Waals surface area contributed by atoms with Crippen LogP contribution in [0.15, 0.2) is 18.5 Å². The minimum absolute atomic E-state index is 0.354. The summed E-state index contributed by atoms with van der Waals surface area (Å²) in [4.78, 5) is 17.4. The average Bonchev–Trinajstić information content (AvgIpc) is 2.63. The first-order chi connectivity index (χ1) is 8.72. The van der Waals surface area contributed by atoms with Crippen molar-refractivity contribution in [3.63, 3.8) is 0 Å². The average molecular weight is 266 g/mol. The number of carboxylic acids is 1. The Morgan fingerprint density at radius 2 is 2.33 bits per heavy atom. The summed E-state index contributed by atoms with van der Waals surface area (Å²) in [5, 5.41) is 9.90. The van der Waals surface area contributed by atoms with Crippen molar-refractivity contribution >= 4 is 23.4 Å². The third-order valence-electron chi connectivity index (χ3n) is 3.38. The third-order valence-corrected chi connectivity index (χ3v) is 4.52. The molecule has 98 valence electrons. The maximum Gasteiger partial charge on any atom is 0.337 e. The minimum Gasteiger partial charge on any atom is -0.478 e. The molecule has 0 bridgehead atoms. The zero-order valence-corrected chi connectivity index (χ0v) is 11.3. The van der Waals surface area contributed by atoms with Crippen LogP contribution in [0.5, 0.6) is 0 Å². The van der Waals surface area contributed by atoms with Gasteiger partial charge in [-0.25, -0.2) is 4.79 Å². The fraction of sp³-hybridized carbons (Fsp3) is 0.538. The number of nitrogens with zero attached hydrogens (tertiary/aromatic N) is 2. The normalized spacial score (nSPS) is 20.5. The Morgan fingerprint density at radius 1 is 1.50 bits per heavy atom. The van der Waals surface area contributed by atoms with Crippen molar-refractivity contribution in [2.75, 3.05) is 24.2 Å². The van der Waals surface area contributed by atoms with E-state index in [1.54, 1.807) is 12.3 Å². The van der Waals surface area contributed by atoms with Crippen molar-refractivity contribution in [3.05, 3.63) is 24.0 Å². The molecule has 5 heteroatoms.